The normalized spacial score (nSPS) is 11.1. The molecule has 0 saturated heterocycles. The quantitative estimate of drug-likeness (QED) is 0.849. The molecule has 2 N–H and O–H groups in total. The van der Waals surface area contributed by atoms with Crippen molar-refractivity contribution in [1.29, 1.82) is 0 Å². The molecular weight excluding hydrogens is 285 g/mol. The van der Waals surface area contributed by atoms with Gasteiger partial charge in [-0.3, -0.25) is 4.72 Å². The number of benzene rings is 2. The summed E-state index contributed by atoms with van der Waals surface area (Å²) in [6.45, 7) is 0. The fourth-order valence-electron chi connectivity index (χ4n) is 1.55. The summed E-state index contributed by atoms with van der Waals surface area (Å²) >= 11 is 0. The third-order valence-corrected chi connectivity index (χ3v) is 3.96. The molecule has 0 aliphatic heterocycles. The van der Waals surface area contributed by atoms with E-state index in [2.05, 4.69) is 4.72 Å². The largest absolute Gasteiger partial charge is 0.506 e. The lowest BCUT2D eigenvalue weighted by molar-refractivity contribution is 0.414. The topological polar surface area (TPSA) is 75.6 Å². The van der Waals surface area contributed by atoms with Crippen LogP contribution in [0.5, 0.6) is 11.5 Å². The van der Waals surface area contributed by atoms with Gasteiger partial charge in [0.2, 0.25) is 0 Å². The third-order valence-electron chi connectivity index (χ3n) is 2.57. The van der Waals surface area contributed by atoms with Crippen molar-refractivity contribution in [3.8, 4) is 11.5 Å². The van der Waals surface area contributed by atoms with Crippen molar-refractivity contribution in [2.24, 2.45) is 0 Å². The van der Waals surface area contributed by atoms with Crippen LogP contribution in [0.2, 0.25) is 0 Å². The number of rotatable bonds is 4. The van der Waals surface area contributed by atoms with Crippen LogP contribution in [0, 0.1) is 5.82 Å². The summed E-state index contributed by atoms with van der Waals surface area (Å²) in [6, 6.07) is 8.74. The van der Waals surface area contributed by atoms with Crippen LogP contribution in [0.4, 0.5) is 10.1 Å². The third kappa shape index (κ3) is 3.00. The van der Waals surface area contributed by atoms with Crippen molar-refractivity contribution in [2.45, 2.75) is 4.90 Å². The summed E-state index contributed by atoms with van der Waals surface area (Å²) in [6.07, 6.45) is 0. The molecule has 0 bridgehead atoms. The smallest absolute Gasteiger partial charge is 0.262 e. The number of sulfonamides is 1. The Kier molecular flexibility index (Phi) is 3.80. The Balaban J connectivity index is 2.30. The zero-order chi connectivity index (χ0) is 14.8. The van der Waals surface area contributed by atoms with Gasteiger partial charge in [0, 0.05) is 6.07 Å². The maximum Gasteiger partial charge on any atom is 0.262 e. The molecule has 20 heavy (non-hydrogen) atoms. The lowest BCUT2D eigenvalue weighted by atomic mass is 10.3. The van der Waals surface area contributed by atoms with E-state index in [9.17, 15) is 17.9 Å². The van der Waals surface area contributed by atoms with Crippen molar-refractivity contribution >= 4 is 15.7 Å². The first kappa shape index (κ1) is 14.1. The molecule has 0 atom stereocenters. The predicted octanol–water partition coefficient (Wildman–Crippen LogP) is 2.34. The summed E-state index contributed by atoms with van der Waals surface area (Å²) in [5.74, 6) is -0.620. The fraction of sp³-hybridized carbons (Fsp3) is 0.0769. The monoisotopic (exact) mass is 297 g/mol. The molecular formula is C13H12FNO4S. The summed E-state index contributed by atoms with van der Waals surface area (Å²) in [4.78, 5) is 0.00188. The van der Waals surface area contributed by atoms with Crippen molar-refractivity contribution < 1.29 is 22.7 Å². The highest BCUT2D eigenvalue weighted by molar-refractivity contribution is 7.92. The van der Waals surface area contributed by atoms with Crippen LogP contribution in [0.25, 0.3) is 0 Å². The molecule has 0 aliphatic rings. The number of phenolic OH excluding ortho intramolecular Hbond substituents is 1. The Morgan fingerprint density at radius 3 is 2.35 bits per heavy atom. The van der Waals surface area contributed by atoms with Crippen LogP contribution >= 0.6 is 0 Å². The van der Waals surface area contributed by atoms with Gasteiger partial charge in [0.05, 0.1) is 17.7 Å². The van der Waals surface area contributed by atoms with E-state index in [0.29, 0.717) is 5.75 Å². The molecule has 2 aromatic rings. The minimum atomic E-state index is -3.86. The fourth-order valence-corrected chi connectivity index (χ4v) is 2.62. The predicted molar refractivity (Wildman–Crippen MR) is 71.9 cm³/mol. The number of halogens is 1. The molecule has 7 heteroatoms. The number of nitrogens with one attached hydrogen (secondary N) is 1. The number of ether oxygens (including phenoxy) is 1. The van der Waals surface area contributed by atoms with Crippen molar-refractivity contribution in [2.75, 3.05) is 11.8 Å². The van der Waals surface area contributed by atoms with Gasteiger partial charge in [-0.25, -0.2) is 12.8 Å². The van der Waals surface area contributed by atoms with E-state index in [1.807, 2.05) is 0 Å². The van der Waals surface area contributed by atoms with E-state index < -0.39 is 21.6 Å². The van der Waals surface area contributed by atoms with Gasteiger partial charge < -0.3 is 9.84 Å². The standard InChI is InChI=1S/C13H12FNO4S/c1-19-10-3-5-11(6-4-10)20(17,18)15-12-7-2-9(14)8-13(12)16/h2-8,15-16H,1H3. The van der Waals surface area contributed by atoms with Crippen molar-refractivity contribution in [1.82, 2.24) is 0 Å². The highest BCUT2D eigenvalue weighted by Gasteiger charge is 2.16. The lowest BCUT2D eigenvalue weighted by Crippen LogP contribution is -2.13. The lowest BCUT2D eigenvalue weighted by Gasteiger charge is -2.10. The summed E-state index contributed by atoms with van der Waals surface area (Å²) < 4.78 is 44.1. The first-order chi connectivity index (χ1) is 9.42. The molecule has 0 spiro atoms. The molecule has 0 fully saturated rings. The molecule has 0 aromatic heterocycles. The highest BCUT2D eigenvalue weighted by atomic mass is 32.2. The first-order valence-corrected chi connectivity index (χ1v) is 7.06. The van der Waals surface area contributed by atoms with Crippen LogP contribution in [0.1, 0.15) is 0 Å². The van der Waals surface area contributed by atoms with Crippen LogP contribution < -0.4 is 9.46 Å². The van der Waals surface area contributed by atoms with Crippen LogP contribution in [0.3, 0.4) is 0 Å². The number of phenols is 1. The van der Waals surface area contributed by atoms with Gasteiger partial charge in [-0.2, -0.15) is 0 Å². The number of anilines is 1. The van der Waals surface area contributed by atoms with E-state index in [1.165, 1.54) is 31.4 Å². The van der Waals surface area contributed by atoms with Gasteiger partial charge in [-0.05, 0) is 36.4 Å². The molecule has 0 radical (unpaired) electrons. The van der Waals surface area contributed by atoms with Crippen LogP contribution in [-0.2, 0) is 10.0 Å². The Labute approximate surface area is 115 Å². The average Bonchev–Trinajstić information content (AvgIpc) is 2.42. The zero-order valence-electron chi connectivity index (χ0n) is 10.5. The molecule has 0 aliphatic carbocycles. The molecule has 106 valence electrons. The Bertz CT molecular complexity index is 714. The molecule has 0 amide bonds. The Morgan fingerprint density at radius 2 is 1.80 bits per heavy atom. The first-order valence-electron chi connectivity index (χ1n) is 5.58. The number of methoxy groups -OCH3 is 1. The molecule has 0 unspecified atom stereocenters. The summed E-state index contributed by atoms with van der Waals surface area (Å²) in [5.41, 5.74) is -0.0952. The molecule has 0 saturated carbocycles. The van der Waals surface area contributed by atoms with E-state index in [-0.39, 0.29) is 10.6 Å². The van der Waals surface area contributed by atoms with Gasteiger partial charge in [-0.1, -0.05) is 0 Å². The zero-order valence-corrected chi connectivity index (χ0v) is 11.3. The summed E-state index contributed by atoms with van der Waals surface area (Å²) in [7, 11) is -2.39. The Morgan fingerprint density at radius 1 is 1.15 bits per heavy atom. The van der Waals surface area contributed by atoms with Gasteiger partial charge in [0.25, 0.3) is 10.0 Å². The summed E-state index contributed by atoms with van der Waals surface area (Å²) in [5, 5.41) is 9.50. The van der Waals surface area contributed by atoms with Crippen molar-refractivity contribution in [3.63, 3.8) is 0 Å². The minimum Gasteiger partial charge on any atom is -0.506 e. The Hall–Kier alpha value is -2.28. The van der Waals surface area contributed by atoms with Gasteiger partial charge in [0.1, 0.15) is 17.3 Å². The SMILES string of the molecule is COc1ccc(S(=O)(=O)Nc2ccc(F)cc2O)cc1. The van der Waals surface area contributed by atoms with Gasteiger partial charge in [-0.15, -0.1) is 0 Å². The van der Waals surface area contributed by atoms with Crippen LogP contribution in [-0.4, -0.2) is 20.6 Å². The second-order valence-electron chi connectivity index (χ2n) is 3.94. The maximum atomic E-state index is 12.8. The second kappa shape index (κ2) is 5.38. The average molecular weight is 297 g/mol. The van der Waals surface area contributed by atoms with E-state index in [4.69, 9.17) is 4.74 Å². The van der Waals surface area contributed by atoms with E-state index in [0.717, 1.165) is 18.2 Å². The molecule has 2 rings (SSSR count). The molecule has 2 aromatic carbocycles. The highest BCUT2D eigenvalue weighted by Crippen LogP contribution is 2.26. The van der Waals surface area contributed by atoms with Crippen LogP contribution in [0.15, 0.2) is 47.4 Å². The molecule has 0 heterocycles. The number of hydrogen-bond donors (Lipinski definition) is 2. The van der Waals surface area contributed by atoms with E-state index >= 15 is 0 Å². The van der Waals surface area contributed by atoms with Gasteiger partial charge >= 0.3 is 0 Å². The van der Waals surface area contributed by atoms with E-state index in [1.54, 1.807) is 0 Å². The van der Waals surface area contributed by atoms with Gasteiger partial charge in [0.15, 0.2) is 0 Å². The minimum absolute atomic E-state index is 0.00188. The number of aromatic hydroxyl groups is 1. The second-order valence-corrected chi connectivity index (χ2v) is 5.62. The maximum absolute atomic E-state index is 12.8. The molecule has 5 nitrogen and oxygen atoms in total. The number of hydrogen-bond acceptors (Lipinski definition) is 4. The van der Waals surface area contributed by atoms with Crippen molar-refractivity contribution in [3.05, 3.63) is 48.3 Å².